The summed E-state index contributed by atoms with van der Waals surface area (Å²) < 4.78 is 0. The van der Waals surface area contributed by atoms with Crippen LogP contribution in [0.2, 0.25) is 19.6 Å². The standard InChI is InChI=1S/C3H10Si.C2H4O/c1-4(2)3;1-2-3/h4H,1-3H3;2-3H,1H2. The Hall–Kier alpha value is -0.243. The van der Waals surface area contributed by atoms with Crippen LogP contribution in [0.5, 0.6) is 0 Å². The molecule has 7 heavy (non-hydrogen) atoms. The molecule has 0 aliphatic heterocycles. The van der Waals surface area contributed by atoms with Crippen molar-refractivity contribution in [2.45, 2.75) is 19.6 Å². The van der Waals surface area contributed by atoms with E-state index in [1.165, 1.54) is 0 Å². The van der Waals surface area contributed by atoms with E-state index in [0.29, 0.717) is 0 Å². The Balaban J connectivity index is 0. The summed E-state index contributed by atoms with van der Waals surface area (Å²) in [6.45, 7) is 9.83. The van der Waals surface area contributed by atoms with Crippen LogP contribution >= 0.6 is 0 Å². The van der Waals surface area contributed by atoms with Crippen LogP contribution < -0.4 is 0 Å². The number of hydrogen-bond acceptors (Lipinski definition) is 1. The molecule has 0 radical (unpaired) electrons. The Labute approximate surface area is 47.3 Å². The fourth-order valence-corrected chi connectivity index (χ4v) is 0. The van der Waals surface area contributed by atoms with Crippen molar-refractivity contribution >= 4 is 8.80 Å². The zero-order chi connectivity index (χ0) is 6.28. The summed E-state index contributed by atoms with van der Waals surface area (Å²) >= 11 is 0. The Morgan fingerprint density at radius 3 is 1.43 bits per heavy atom. The van der Waals surface area contributed by atoms with Crippen LogP contribution in [-0.2, 0) is 0 Å². The first-order valence-corrected chi connectivity index (χ1v) is 5.86. The Morgan fingerprint density at radius 1 is 1.43 bits per heavy atom. The van der Waals surface area contributed by atoms with Gasteiger partial charge in [-0.1, -0.05) is 26.2 Å². The highest BCUT2D eigenvalue weighted by Gasteiger charge is 1.71. The van der Waals surface area contributed by atoms with Gasteiger partial charge in [0.05, 0.1) is 6.26 Å². The maximum Gasteiger partial charge on any atom is 0.0719 e. The highest BCUT2D eigenvalue weighted by molar-refractivity contribution is 6.54. The minimum atomic E-state index is -0.139. The second-order valence-electron chi connectivity index (χ2n) is 1.91. The average Bonchev–Trinajstić information content (AvgIpc) is 1.33. The molecule has 44 valence electrons. The average molecular weight is 118 g/mol. The summed E-state index contributed by atoms with van der Waals surface area (Å²) in [5.74, 6) is 0. The van der Waals surface area contributed by atoms with E-state index in [1.54, 1.807) is 0 Å². The molecule has 0 amide bonds. The predicted molar refractivity (Wildman–Crippen MR) is 37.6 cm³/mol. The molecule has 0 spiro atoms. The highest BCUT2D eigenvalue weighted by Crippen LogP contribution is 1.68. The molecular formula is C5H14OSi. The summed E-state index contributed by atoms with van der Waals surface area (Å²) in [7, 11) is -0.139. The van der Waals surface area contributed by atoms with Gasteiger partial charge in [-0.3, -0.25) is 0 Å². The van der Waals surface area contributed by atoms with E-state index in [-0.39, 0.29) is 8.80 Å². The minimum Gasteiger partial charge on any atom is -0.516 e. The van der Waals surface area contributed by atoms with Gasteiger partial charge < -0.3 is 5.11 Å². The molecule has 0 saturated carbocycles. The largest absolute Gasteiger partial charge is 0.516 e. The summed E-state index contributed by atoms with van der Waals surface area (Å²) in [6, 6.07) is 0. The Kier molecular flexibility index (Phi) is 13.0. The van der Waals surface area contributed by atoms with Crippen molar-refractivity contribution in [3.05, 3.63) is 12.8 Å². The van der Waals surface area contributed by atoms with Crippen molar-refractivity contribution in [1.82, 2.24) is 0 Å². The van der Waals surface area contributed by atoms with Crippen molar-refractivity contribution in [2.75, 3.05) is 0 Å². The van der Waals surface area contributed by atoms with E-state index in [1.807, 2.05) is 0 Å². The third-order valence-corrected chi connectivity index (χ3v) is 0. The summed E-state index contributed by atoms with van der Waals surface area (Å²) in [4.78, 5) is 0. The van der Waals surface area contributed by atoms with Crippen LogP contribution in [0.1, 0.15) is 0 Å². The third-order valence-electron chi connectivity index (χ3n) is 0. The van der Waals surface area contributed by atoms with E-state index in [0.717, 1.165) is 6.26 Å². The predicted octanol–water partition coefficient (Wildman–Crippen LogP) is 1.79. The van der Waals surface area contributed by atoms with Crippen molar-refractivity contribution < 1.29 is 5.11 Å². The summed E-state index contributed by atoms with van der Waals surface area (Å²) in [5.41, 5.74) is 0. The molecule has 0 aliphatic carbocycles. The van der Waals surface area contributed by atoms with Gasteiger partial charge in [0.2, 0.25) is 0 Å². The maximum atomic E-state index is 7.33. The molecule has 1 N–H and O–H groups in total. The SMILES string of the molecule is C=CO.C[SiH](C)C. The molecule has 0 aromatic rings. The van der Waals surface area contributed by atoms with Crippen LogP contribution in [0.3, 0.4) is 0 Å². The summed E-state index contributed by atoms with van der Waals surface area (Å²) in [6.07, 6.45) is 0.750. The van der Waals surface area contributed by atoms with Crippen LogP contribution in [0.15, 0.2) is 12.8 Å². The van der Waals surface area contributed by atoms with E-state index in [4.69, 9.17) is 5.11 Å². The second kappa shape index (κ2) is 9.23. The first kappa shape index (κ1) is 9.90. The quantitative estimate of drug-likeness (QED) is 0.380. The Morgan fingerprint density at radius 2 is 1.43 bits per heavy atom. The highest BCUT2D eigenvalue weighted by atomic mass is 28.3. The van der Waals surface area contributed by atoms with Gasteiger partial charge in [0.25, 0.3) is 0 Å². The lowest BCUT2D eigenvalue weighted by atomic mass is 11.2. The lowest BCUT2D eigenvalue weighted by Crippen LogP contribution is -1.84. The number of hydrogen-bond donors (Lipinski definition) is 1. The normalized spacial score (nSPS) is 6.86. The smallest absolute Gasteiger partial charge is 0.0719 e. The first-order chi connectivity index (χ1) is 3.15. The van der Waals surface area contributed by atoms with Crippen molar-refractivity contribution in [1.29, 1.82) is 0 Å². The molecule has 0 rings (SSSR count). The van der Waals surface area contributed by atoms with Crippen LogP contribution in [0.4, 0.5) is 0 Å². The van der Waals surface area contributed by atoms with Gasteiger partial charge in [-0.15, -0.1) is 0 Å². The fourth-order valence-electron chi connectivity index (χ4n) is 0. The van der Waals surface area contributed by atoms with Gasteiger partial charge in [0, 0.05) is 8.80 Å². The molecule has 1 nitrogen and oxygen atoms in total. The third kappa shape index (κ3) is 1370. The van der Waals surface area contributed by atoms with Gasteiger partial charge >= 0.3 is 0 Å². The minimum absolute atomic E-state index is 0.139. The lowest BCUT2D eigenvalue weighted by molar-refractivity contribution is 0.476. The molecule has 0 aromatic carbocycles. The molecule has 0 atom stereocenters. The zero-order valence-corrected chi connectivity index (χ0v) is 6.46. The van der Waals surface area contributed by atoms with Crippen molar-refractivity contribution in [3.8, 4) is 0 Å². The second-order valence-corrected chi connectivity index (χ2v) is 5.38. The van der Waals surface area contributed by atoms with Gasteiger partial charge in [-0.2, -0.15) is 0 Å². The first-order valence-electron chi connectivity index (χ1n) is 2.40. The van der Waals surface area contributed by atoms with E-state index >= 15 is 0 Å². The van der Waals surface area contributed by atoms with Gasteiger partial charge in [-0.25, -0.2) is 0 Å². The van der Waals surface area contributed by atoms with E-state index in [9.17, 15) is 0 Å². The molecule has 2 heteroatoms. The summed E-state index contributed by atoms with van der Waals surface area (Å²) in [5, 5.41) is 7.33. The molecule has 0 bridgehead atoms. The molecule has 0 aromatic heterocycles. The van der Waals surface area contributed by atoms with Gasteiger partial charge in [-0.05, 0) is 0 Å². The molecule has 0 saturated heterocycles. The molecule has 0 fully saturated rings. The monoisotopic (exact) mass is 118 g/mol. The van der Waals surface area contributed by atoms with Crippen LogP contribution in [0, 0.1) is 0 Å². The zero-order valence-electron chi connectivity index (χ0n) is 5.31. The molecule has 0 aliphatic rings. The number of rotatable bonds is 0. The number of aliphatic hydroxyl groups excluding tert-OH is 1. The number of aliphatic hydroxyl groups is 1. The van der Waals surface area contributed by atoms with E-state index in [2.05, 4.69) is 26.2 Å². The van der Waals surface area contributed by atoms with Crippen LogP contribution in [0.25, 0.3) is 0 Å². The van der Waals surface area contributed by atoms with E-state index < -0.39 is 0 Å². The van der Waals surface area contributed by atoms with Gasteiger partial charge in [0.15, 0.2) is 0 Å². The Bertz CT molecular complexity index is 32.3. The van der Waals surface area contributed by atoms with Crippen molar-refractivity contribution in [2.24, 2.45) is 0 Å². The topological polar surface area (TPSA) is 20.2 Å². The fraction of sp³-hybridized carbons (Fsp3) is 0.600. The molecule has 0 unspecified atom stereocenters. The molecular weight excluding hydrogens is 104 g/mol. The van der Waals surface area contributed by atoms with Crippen molar-refractivity contribution in [3.63, 3.8) is 0 Å². The maximum absolute atomic E-state index is 7.33. The lowest BCUT2D eigenvalue weighted by Gasteiger charge is -1.75. The van der Waals surface area contributed by atoms with Crippen LogP contribution in [-0.4, -0.2) is 13.9 Å². The van der Waals surface area contributed by atoms with Gasteiger partial charge in [0.1, 0.15) is 0 Å². The molecule has 0 heterocycles.